The van der Waals surface area contributed by atoms with Crippen LogP contribution in [0.2, 0.25) is 0 Å². The van der Waals surface area contributed by atoms with Crippen molar-refractivity contribution in [2.24, 2.45) is 5.92 Å². The third kappa shape index (κ3) is 3.26. The lowest BCUT2D eigenvalue weighted by molar-refractivity contribution is 0.469. The van der Waals surface area contributed by atoms with E-state index in [1.165, 1.54) is 23.2 Å². The Morgan fingerprint density at radius 2 is 2.24 bits per heavy atom. The highest BCUT2D eigenvalue weighted by Crippen LogP contribution is 2.26. The van der Waals surface area contributed by atoms with Gasteiger partial charge in [0.1, 0.15) is 12.2 Å². The van der Waals surface area contributed by atoms with Gasteiger partial charge in [-0.25, -0.2) is 9.67 Å². The van der Waals surface area contributed by atoms with Crippen molar-refractivity contribution in [3.63, 3.8) is 0 Å². The van der Waals surface area contributed by atoms with E-state index in [0.717, 1.165) is 25.2 Å². The maximum atomic E-state index is 4.42. The molecule has 2 aromatic rings. The molecule has 0 bridgehead atoms. The fourth-order valence-electron chi connectivity index (χ4n) is 2.92. The molecule has 0 aliphatic carbocycles. The number of aromatic nitrogens is 3. The highest BCUT2D eigenvalue weighted by atomic mass is 15.3. The molecule has 0 amide bonds. The molecule has 0 saturated carbocycles. The second-order valence-electron chi connectivity index (χ2n) is 6.50. The van der Waals surface area contributed by atoms with E-state index < -0.39 is 0 Å². The highest BCUT2D eigenvalue weighted by Gasteiger charge is 2.15. The van der Waals surface area contributed by atoms with E-state index in [1.807, 2.05) is 4.68 Å². The standard InChI is InChI=1S/C17H24N4/c1-12(2)10-21-17(18-11-19-21)9-14-5-7-16-15(8-14)6-4-13(3)20-16/h5,7-8,11-13,20H,4,6,9-10H2,1-3H3. The van der Waals surface area contributed by atoms with Crippen LogP contribution >= 0.6 is 0 Å². The van der Waals surface area contributed by atoms with E-state index in [1.54, 1.807) is 6.33 Å². The van der Waals surface area contributed by atoms with Crippen LogP contribution < -0.4 is 5.32 Å². The lowest BCUT2D eigenvalue weighted by atomic mass is 9.96. The molecule has 112 valence electrons. The minimum atomic E-state index is 0.581. The first-order valence-electron chi connectivity index (χ1n) is 7.87. The Labute approximate surface area is 126 Å². The highest BCUT2D eigenvalue weighted by molar-refractivity contribution is 5.55. The summed E-state index contributed by atoms with van der Waals surface area (Å²) in [6.45, 7) is 7.58. The Hall–Kier alpha value is -1.84. The average Bonchev–Trinajstić information content (AvgIpc) is 2.85. The van der Waals surface area contributed by atoms with Gasteiger partial charge in [0.25, 0.3) is 0 Å². The summed E-state index contributed by atoms with van der Waals surface area (Å²) in [4.78, 5) is 4.42. The minimum absolute atomic E-state index is 0.581. The molecular formula is C17H24N4. The predicted molar refractivity (Wildman–Crippen MR) is 85.5 cm³/mol. The molecule has 1 unspecified atom stereocenters. The van der Waals surface area contributed by atoms with Gasteiger partial charge in [0, 0.05) is 24.7 Å². The summed E-state index contributed by atoms with van der Waals surface area (Å²) in [6, 6.07) is 7.32. The molecular weight excluding hydrogens is 260 g/mol. The summed E-state index contributed by atoms with van der Waals surface area (Å²) in [5, 5.41) is 7.89. The van der Waals surface area contributed by atoms with Crippen molar-refractivity contribution in [3.05, 3.63) is 41.5 Å². The summed E-state index contributed by atoms with van der Waals surface area (Å²) in [5.74, 6) is 1.64. The van der Waals surface area contributed by atoms with Crippen molar-refractivity contribution in [1.82, 2.24) is 14.8 Å². The second kappa shape index (κ2) is 5.88. The Morgan fingerprint density at radius 3 is 3.05 bits per heavy atom. The van der Waals surface area contributed by atoms with E-state index in [-0.39, 0.29) is 0 Å². The van der Waals surface area contributed by atoms with Crippen molar-refractivity contribution >= 4 is 5.69 Å². The molecule has 1 N–H and O–H groups in total. The predicted octanol–water partition coefficient (Wildman–Crippen LogP) is 3.27. The summed E-state index contributed by atoms with van der Waals surface area (Å²) >= 11 is 0. The molecule has 2 heterocycles. The molecule has 1 aromatic heterocycles. The van der Waals surface area contributed by atoms with Crippen LogP contribution in [0.3, 0.4) is 0 Å². The van der Waals surface area contributed by atoms with Gasteiger partial charge >= 0.3 is 0 Å². The third-order valence-corrected chi connectivity index (χ3v) is 4.01. The molecule has 21 heavy (non-hydrogen) atoms. The molecule has 1 aliphatic heterocycles. The van der Waals surface area contributed by atoms with Gasteiger partial charge in [-0.2, -0.15) is 5.10 Å². The topological polar surface area (TPSA) is 42.7 Å². The van der Waals surface area contributed by atoms with E-state index in [4.69, 9.17) is 0 Å². The maximum Gasteiger partial charge on any atom is 0.138 e. The van der Waals surface area contributed by atoms with Crippen molar-refractivity contribution in [2.75, 3.05) is 5.32 Å². The van der Waals surface area contributed by atoms with Crippen LogP contribution in [0, 0.1) is 5.92 Å². The molecule has 1 atom stereocenters. The van der Waals surface area contributed by atoms with Gasteiger partial charge < -0.3 is 5.32 Å². The van der Waals surface area contributed by atoms with Gasteiger partial charge in [-0.1, -0.05) is 26.0 Å². The molecule has 4 heteroatoms. The zero-order chi connectivity index (χ0) is 14.8. The number of hydrogen-bond acceptors (Lipinski definition) is 3. The van der Waals surface area contributed by atoms with Gasteiger partial charge in [0.2, 0.25) is 0 Å². The number of nitrogens with one attached hydrogen (secondary N) is 1. The molecule has 4 nitrogen and oxygen atoms in total. The van der Waals surface area contributed by atoms with E-state index in [9.17, 15) is 0 Å². The summed E-state index contributed by atoms with van der Waals surface area (Å²) in [6.07, 6.45) is 4.89. The molecule has 0 spiro atoms. The van der Waals surface area contributed by atoms with Crippen LogP contribution in [-0.2, 0) is 19.4 Å². The van der Waals surface area contributed by atoms with Crippen LogP contribution in [0.15, 0.2) is 24.5 Å². The SMILES string of the molecule is CC(C)Cn1ncnc1Cc1ccc2c(c1)CCC(C)N2. The Morgan fingerprint density at radius 1 is 1.38 bits per heavy atom. The molecule has 0 fully saturated rings. The second-order valence-corrected chi connectivity index (χ2v) is 6.50. The smallest absolute Gasteiger partial charge is 0.138 e. The zero-order valence-corrected chi connectivity index (χ0v) is 13.1. The number of rotatable bonds is 4. The first-order valence-corrected chi connectivity index (χ1v) is 7.87. The fourth-order valence-corrected chi connectivity index (χ4v) is 2.92. The average molecular weight is 284 g/mol. The van der Waals surface area contributed by atoms with Crippen molar-refractivity contribution < 1.29 is 0 Å². The van der Waals surface area contributed by atoms with Crippen molar-refractivity contribution in [1.29, 1.82) is 0 Å². The molecule has 0 saturated heterocycles. The molecule has 1 aromatic carbocycles. The lowest BCUT2D eigenvalue weighted by Gasteiger charge is -2.24. The van der Waals surface area contributed by atoms with Crippen LogP contribution in [-0.4, -0.2) is 20.8 Å². The first-order chi connectivity index (χ1) is 10.1. The van der Waals surface area contributed by atoms with Gasteiger partial charge in [0.15, 0.2) is 0 Å². The number of aryl methyl sites for hydroxylation is 1. The Balaban J connectivity index is 1.78. The fraction of sp³-hybridized carbons (Fsp3) is 0.529. The third-order valence-electron chi connectivity index (χ3n) is 4.01. The van der Waals surface area contributed by atoms with E-state index in [0.29, 0.717) is 12.0 Å². The molecule has 3 rings (SSSR count). The van der Waals surface area contributed by atoms with Gasteiger partial charge in [-0.3, -0.25) is 0 Å². The van der Waals surface area contributed by atoms with Gasteiger partial charge in [0.05, 0.1) is 0 Å². The van der Waals surface area contributed by atoms with Gasteiger partial charge in [-0.15, -0.1) is 0 Å². The molecule has 0 radical (unpaired) electrons. The van der Waals surface area contributed by atoms with Crippen LogP contribution in [0.4, 0.5) is 5.69 Å². The van der Waals surface area contributed by atoms with E-state index >= 15 is 0 Å². The van der Waals surface area contributed by atoms with Crippen molar-refractivity contribution in [2.45, 2.75) is 52.6 Å². The summed E-state index contributed by atoms with van der Waals surface area (Å²) < 4.78 is 2.03. The lowest BCUT2D eigenvalue weighted by Crippen LogP contribution is -2.22. The Bertz CT molecular complexity index is 615. The summed E-state index contributed by atoms with van der Waals surface area (Å²) in [7, 11) is 0. The number of anilines is 1. The summed E-state index contributed by atoms with van der Waals surface area (Å²) in [5.41, 5.74) is 4.05. The minimum Gasteiger partial charge on any atom is -0.382 e. The number of hydrogen-bond donors (Lipinski definition) is 1. The number of benzene rings is 1. The first kappa shape index (κ1) is 14.1. The quantitative estimate of drug-likeness (QED) is 0.937. The van der Waals surface area contributed by atoms with Gasteiger partial charge in [-0.05, 0) is 42.9 Å². The number of nitrogens with zero attached hydrogens (tertiary/aromatic N) is 3. The van der Waals surface area contributed by atoms with E-state index in [2.05, 4.69) is 54.4 Å². The van der Waals surface area contributed by atoms with Crippen LogP contribution in [0.25, 0.3) is 0 Å². The monoisotopic (exact) mass is 284 g/mol. The number of fused-ring (bicyclic) bond motifs is 1. The maximum absolute atomic E-state index is 4.42. The van der Waals surface area contributed by atoms with Crippen molar-refractivity contribution in [3.8, 4) is 0 Å². The van der Waals surface area contributed by atoms with Crippen LogP contribution in [0.1, 0.15) is 44.1 Å². The normalized spacial score (nSPS) is 17.6. The largest absolute Gasteiger partial charge is 0.382 e. The zero-order valence-electron chi connectivity index (χ0n) is 13.1. The molecule has 1 aliphatic rings. The van der Waals surface area contributed by atoms with Crippen LogP contribution in [0.5, 0.6) is 0 Å². The Kier molecular flexibility index (Phi) is 3.95.